The molecule has 0 radical (unpaired) electrons. The topological polar surface area (TPSA) is 51.4 Å². The van der Waals surface area contributed by atoms with Gasteiger partial charge in [-0.25, -0.2) is 0 Å². The average molecular weight is 271 g/mol. The third-order valence-electron chi connectivity index (χ3n) is 3.78. The van der Waals surface area contributed by atoms with Crippen LogP contribution in [0.5, 0.6) is 0 Å². The Hall–Kier alpha value is -1.81. The van der Waals surface area contributed by atoms with E-state index in [0.29, 0.717) is 5.69 Å². The van der Waals surface area contributed by atoms with Gasteiger partial charge in [-0.15, -0.1) is 0 Å². The first-order chi connectivity index (χ1) is 9.75. The number of anilines is 2. The van der Waals surface area contributed by atoms with Gasteiger partial charge in [-0.05, 0) is 24.8 Å². The largest absolute Gasteiger partial charge is 0.396 e. The van der Waals surface area contributed by atoms with Crippen molar-refractivity contribution in [1.29, 1.82) is 0 Å². The van der Waals surface area contributed by atoms with E-state index < -0.39 is 0 Å². The molecule has 0 unspecified atom stereocenters. The number of fused-ring (bicyclic) bond motifs is 1. The van der Waals surface area contributed by atoms with Crippen molar-refractivity contribution in [3.63, 3.8) is 0 Å². The van der Waals surface area contributed by atoms with Crippen LogP contribution in [0.1, 0.15) is 12.8 Å². The fraction of sp³-hybridized carbons (Fsp3) is 0.438. The van der Waals surface area contributed by atoms with Gasteiger partial charge in [0.25, 0.3) is 0 Å². The molecule has 4 heteroatoms. The van der Waals surface area contributed by atoms with Crippen LogP contribution in [0.4, 0.5) is 11.4 Å². The van der Waals surface area contributed by atoms with Crippen molar-refractivity contribution < 1.29 is 4.74 Å². The SMILES string of the molecule is CN(CCOCC1CC1)c1c(N)cnc2ccccc12. The van der Waals surface area contributed by atoms with Gasteiger partial charge in [0.15, 0.2) is 0 Å². The Morgan fingerprint density at radius 2 is 2.15 bits per heavy atom. The van der Waals surface area contributed by atoms with Crippen LogP contribution in [0.3, 0.4) is 0 Å². The summed E-state index contributed by atoms with van der Waals surface area (Å²) in [7, 11) is 2.05. The molecule has 1 saturated carbocycles. The summed E-state index contributed by atoms with van der Waals surface area (Å²) < 4.78 is 5.70. The highest BCUT2D eigenvalue weighted by atomic mass is 16.5. The molecule has 3 rings (SSSR count). The Labute approximate surface area is 119 Å². The molecule has 2 N–H and O–H groups in total. The lowest BCUT2D eigenvalue weighted by Crippen LogP contribution is -2.24. The van der Waals surface area contributed by atoms with Crippen LogP contribution in [-0.2, 0) is 4.74 Å². The number of nitrogen functional groups attached to an aromatic ring is 1. The normalized spacial score (nSPS) is 14.7. The van der Waals surface area contributed by atoms with E-state index in [1.807, 2.05) is 18.2 Å². The minimum Gasteiger partial charge on any atom is -0.396 e. The Kier molecular flexibility index (Phi) is 3.74. The monoisotopic (exact) mass is 271 g/mol. The van der Waals surface area contributed by atoms with E-state index in [2.05, 4.69) is 23.0 Å². The molecule has 1 aromatic heterocycles. The maximum atomic E-state index is 6.11. The number of benzene rings is 1. The first-order valence-electron chi connectivity index (χ1n) is 7.18. The molecule has 106 valence electrons. The molecular formula is C16H21N3O. The molecule has 0 bridgehead atoms. The van der Waals surface area contributed by atoms with Gasteiger partial charge in [-0.2, -0.15) is 0 Å². The first-order valence-corrected chi connectivity index (χ1v) is 7.18. The Bertz CT molecular complexity index is 595. The van der Waals surface area contributed by atoms with Crippen LogP contribution in [0.2, 0.25) is 0 Å². The predicted octanol–water partition coefficient (Wildman–Crippen LogP) is 2.68. The number of pyridine rings is 1. The second-order valence-corrected chi connectivity index (χ2v) is 5.52. The Morgan fingerprint density at radius 1 is 1.35 bits per heavy atom. The summed E-state index contributed by atoms with van der Waals surface area (Å²) in [5.41, 5.74) is 8.84. The van der Waals surface area contributed by atoms with E-state index in [0.717, 1.165) is 42.3 Å². The second-order valence-electron chi connectivity index (χ2n) is 5.52. The van der Waals surface area contributed by atoms with Crippen molar-refractivity contribution in [2.45, 2.75) is 12.8 Å². The molecule has 0 aliphatic heterocycles. The van der Waals surface area contributed by atoms with Gasteiger partial charge in [0, 0.05) is 25.6 Å². The van der Waals surface area contributed by atoms with Crippen LogP contribution in [0.15, 0.2) is 30.5 Å². The third-order valence-corrected chi connectivity index (χ3v) is 3.78. The Balaban J connectivity index is 1.72. The number of para-hydroxylation sites is 1. The second kappa shape index (κ2) is 5.67. The van der Waals surface area contributed by atoms with E-state index in [1.54, 1.807) is 6.20 Å². The predicted molar refractivity (Wildman–Crippen MR) is 83.0 cm³/mol. The molecule has 1 heterocycles. The number of aromatic nitrogens is 1. The number of likely N-dealkylation sites (N-methyl/N-ethyl adjacent to an activating group) is 1. The lowest BCUT2D eigenvalue weighted by Gasteiger charge is -2.22. The number of hydrogen-bond donors (Lipinski definition) is 1. The van der Waals surface area contributed by atoms with Gasteiger partial charge < -0.3 is 15.4 Å². The van der Waals surface area contributed by atoms with E-state index >= 15 is 0 Å². The van der Waals surface area contributed by atoms with Crippen LogP contribution in [0, 0.1) is 5.92 Å². The van der Waals surface area contributed by atoms with E-state index in [1.165, 1.54) is 12.8 Å². The fourth-order valence-corrected chi connectivity index (χ4v) is 2.42. The van der Waals surface area contributed by atoms with Crippen molar-refractivity contribution in [3.8, 4) is 0 Å². The molecule has 1 aliphatic carbocycles. The number of ether oxygens (including phenoxy) is 1. The zero-order valence-corrected chi connectivity index (χ0v) is 11.9. The van der Waals surface area contributed by atoms with Gasteiger partial charge in [0.2, 0.25) is 0 Å². The van der Waals surface area contributed by atoms with Crippen LogP contribution >= 0.6 is 0 Å². The highest BCUT2D eigenvalue weighted by molar-refractivity contribution is 5.97. The third kappa shape index (κ3) is 2.85. The molecule has 1 fully saturated rings. The molecule has 1 aromatic carbocycles. The lowest BCUT2D eigenvalue weighted by atomic mass is 10.1. The summed E-state index contributed by atoms with van der Waals surface area (Å²) in [6, 6.07) is 8.09. The van der Waals surface area contributed by atoms with E-state index in [9.17, 15) is 0 Å². The number of rotatable bonds is 6. The highest BCUT2D eigenvalue weighted by Gasteiger charge is 2.21. The maximum Gasteiger partial charge on any atom is 0.0745 e. The summed E-state index contributed by atoms with van der Waals surface area (Å²) in [6.07, 6.45) is 4.40. The first kappa shape index (κ1) is 13.2. The molecular weight excluding hydrogens is 250 g/mol. The van der Waals surface area contributed by atoms with Gasteiger partial charge in [-0.3, -0.25) is 4.98 Å². The van der Waals surface area contributed by atoms with Crippen molar-refractivity contribution in [2.75, 3.05) is 37.4 Å². The van der Waals surface area contributed by atoms with Crippen molar-refractivity contribution >= 4 is 22.3 Å². The summed E-state index contributed by atoms with van der Waals surface area (Å²) in [5, 5.41) is 1.09. The molecule has 0 spiro atoms. The molecule has 20 heavy (non-hydrogen) atoms. The zero-order valence-electron chi connectivity index (χ0n) is 11.9. The van der Waals surface area contributed by atoms with Crippen LogP contribution < -0.4 is 10.6 Å². The number of nitrogens with zero attached hydrogens (tertiary/aromatic N) is 2. The van der Waals surface area contributed by atoms with E-state index in [-0.39, 0.29) is 0 Å². The van der Waals surface area contributed by atoms with E-state index in [4.69, 9.17) is 10.5 Å². The van der Waals surface area contributed by atoms with Gasteiger partial charge in [-0.1, -0.05) is 18.2 Å². The summed E-state index contributed by atoms with van der Waals surface area (Å²) in [5.74, 6) is 0.812. The van der Waals surface area contributed by atoms with Crippen molar-refractivity contribution in [1.82, 2.24) is 4.98 Å². The smallest absolute Gasteiger partial charge is 0.0745 e. The van der Waals surface area contributed by atoms with Gasteiger partial charge in [0.1, 0.15) is 0 Å². The quantitative estimate of drug-likeness (QED) is 0.821. The number of nitrogens with two attached hydrogens (primary N) is 1. The molecule has 1 aliphatic rings. The van der Waals surface area contributed by atoms with Crippen molar-refractivity contribution in [3.05, 3.63) is 30.5 Å². The summed E-state index contributed by atoms with van der Waals surface area (Å²) in [6.45, 7) is 2.48. The van der Waals surface area contributed by atoms with Crippen LogP contribution in [-0.4, -0.2) is 31.8 Å². The number of hydrogen-bond acceptors (Lipinski definition) is 4. The van der Waals surface area contributed by atoms with Gasteiger partial charge >= 0.3 is 0 Å². The highest BCUT2D eigenvalue weighted by Crippen LogP contribution is 2.31. The van der Waals surface area contributed by atoms with Crippen molar-refractivity contribution in [2.24, 2.45) is 5.92 Å². The Morgan fingerprint density at radius 3 is 2.95 bits per heavy atom. The minimum atomic E-state index is 0.716. The van der Waals surface area contributed by atoms with Crippen LogP contribution in [0.25, 0.3) is 10.9 Å². The average Bonchev–Trinajstić information content (AvgIpc) is 3.27. The fourth-order valence-electron chi connectivity index (χ4n) is 2.42. The lowest BCUT2D eigenvalue weighted by molar-refractivity contribution is 0.131. The molecule has 4 nitrogen and oxygen atoms in total. The minimum absolute atomic E-state index is 0.716. The summed E-state index contributed by atoms with van der Waals surface area (Å²) in [4.78, 5) is 6.53. The zero-order chi connectivity index (χ0) is 13.9. The maximum absolute atomic E-state index is 6.11. The molecule has 0 amide bonds. The summed E-state index contributed by atoms with van der Waals surface area (Å²) >= 11 is 0. The molecule has 0 saturated heterocycles. The standard InChI is InChI=1S/C16H21N3O/c1-19(8-9-20-11-12-6-7-12)16-13-4-2-3-5-15(13)18-10-14(16)17/h2-5,10,12H,6-9,11,17H2,1H3. The molecule has 2 aromatic rings. The van der Waals surface area contributed by atoms with Gasteiger partial charge in [0.05, 0.1) is 29.7 Å². The molecule has 0 atom stereocenters.